The second-order valence-corrected chi connectivity index (χ2v) is 5.17. The van der Waals surface area contributed by atoms with Crippen molar-refractivity contribution in [1.29, 1.82) is 0 Å². The van der Waals surface area contributed by atoms with Crippen molar-refractivity contribution in [1.82, 2.24) is 4.98 Å². The molecule has 0 spiro atoms. The van der Waals surface area contributed by atoms with Crippen LogP contribution in [-0.4, -0.2) is 23.2 Å². The van der Waals surface area contributed by atoms with Gasteiger partial charge in [-0.25, -0.2) is 9.78 Å². The average molecular weight is 292 g/mol. The van der Waals surface area contributed by atoms with Crippen molar-refractivity contribution in [2.45, 2.75) is 19.8 Å². The maximum absolute atomic E-state index is 11.2. The largest absolute Gasteiger partial charge is 0.495 e. The van der Waals surface area contributed by atoms with Gasteiger partial charge in [0.1, 0.15) is 10.6 Å². The molecule has 106 valence electrons. The molecule has 0 aliphatic rings. The highest BCUT2D eigenvalue weighted by molar-refractivity contribution is 7.17. The molecule has 0 saturated carbocycles. The number of aryl methyl sites for hydroxylation is 1. The monoisotopic (exact) mass is 292 g/mol. The Morgan fingerprint density at radius 3 is 2.85 bits per heavy atom. The number of rotatable bonds is 6. The van der Waals surface area contributed by atoms with Crippen molar-refractivity contribution < 1.29 is 14.6 Å². The van der Waals surface area contributed by atoms with Crippen LogP contribution >= 0.6 is 11.3 Å². The van der Waals surface area contributed by atoms with E-state index in [1.54, 1.807) is 7.11 Å². The molecule has 0 saturated heterocycles. The van der Waals surface area contributed by atoms with E-state index in [1.165, 1.54) is 0 Å². The van der Waals surface area contributed by atoms with Crippen LogP contribution in [0.25, 0.3) is 0 Å². The molecular formula is C14H16N2O3S. The van der Waals surface area contributed by atoms with Crippen LogP contribution in [0.3, 0.4) is 0 Å². The van der Waals surface area contributed by atoms with Crippen LogP contribution in [0.5, 0.6) is 5.75 Å². The van der Waals surface area contributed by atoms with Gasteiger partial charge in [0.25, 0.3) is 0 Å². The molecule has 6 heteroatoms. The van der Waals surface area contributed by atoms with Crippen molar-refractivity contribution in [2.24, 2.45) is 0 Å². The van der Waals surface area contributed by atoms with Crippen LogP contribution in [0, 0.1) is 0 Å². The Kier molecular flexibility index (Phi) is 4.57. The van der Waals surface area contributed by atoms with Crippen LogP contribution in [0.15, 0.2) is 24.3 Å². The molecule has 0 aliphatic heterocycles. The number of aromatic carboxylic acids is 1. The molecular weight excluding hydrogens is 276 g/mol. The number of thiazole rings is 1. The summed E-state index contributed by atoms with van der Waals surface area (Å²) in [5.74, 6) is -0.240. The van der Waals surface area contributed by atoms with E-state index in [0.29, 0.717) is 27.9 Å². The van der Waals surface area contributed by atoms with Crippen molar-refractivity contribution in [2.75, 3.05) is 12.4 Å². The molecule has 2 rings (SSSR count). The lowest BCUT2D eigenvalue weighted by atomic mass is 10.2. The van der Waals surface area contributed by atoms with Crippen molar-refractivity contribution >= 4 is 28.1 Å². The highest BCUT2D eigenvalue weighted by Gasteiger charge is 2.17. The Labute approximate surface area is 121 Å². The van der Waals surface area contributed by atoms with Crippen LogP contribution < -0.4 is 10.1 Å². The molecule has 0 bridgehead atoms. The fourth-order valence-electron chi connectivity index (χ4n) is 1.84. The Balaban J connectivity index is 2.29. The molecule has 2 N–H and O–H groups in total. The summed E-state index contributed by atoms with van der Waals surface area (Å²) in [5, 5.41) is 12.9. The molecule has 0 atom stereocenters. The van der Waals surface area contributed by atoms with Gasteiger partial charge in [-0.1, -0.05) is 36.8 Å². The Morgan fingerprint density at radius 2 is 2.20 bits per heavy atom. The fourth-order valence-corrected chi connectivity index (χ4v) is 2.70. The maximum atomic E-state index is 11.2. The molecule has 0 fully saturated rings. The van der Waals surface area contributed by atoms with Gasteiger partial charge in [-0.3, -0.25) is 0 Å². The van der Waals surface area contributed by atoms with Crippen molar-refractivity contribution in [3.05, 3.63) is 34.8 Å². The summed E-state index contributed by atoms with van der Waals surface area (Å²) >= 11 is 1.14. The van der Waals surface area contributed by atoms with Gasteiger partial charge in [-0.15, -0.1) is 0 Å². The predicted molar refractivity (Wildman–Crippen MR) is 79.3 cm³/mol. The first-order chi connectivity index (χ1) is 9.65. The summed E-state index contributed by atoms with van der Waals surface area (Å²) < 4.78 is 5.25. The van der Waals surface area contributed by atoms with Gasteiger partial charge in [0, 0.05) is 0 Å². The third-order valence-corrected chi connectivity index (χ3v) is 3.73. The van der Waals surface area contributed by atoms with Gasteiger partial charge in [0.15, 0.2) is 5.13 Å². The summed E-state index contributed by atoms with van der Waals surface area (Å²) in [5.41, 5.74) is 1.39. The highest BCUT2D eigenvalue weighted by atomic mass is 32.1. The van der Waals surface area contributed by atoms with Crippen LogP contribution in [0.4, 0.5) is 10.8 Å². The summed E-state index contributed by atoms with van der Waals surface area (Å²) in [6.45, 7) is 2.00. The Hall–Kier alpha value is -2.08. The van der Waals surface area contributed by atoms with Gasteiger partial charge in [-0.2, -0.15) is 0 Å². The number of carboxylic acids is 1. The maximum Gasteiger partial charge on any atom is 0.347 e. The minimum Gasteiger partial charge on any atom is -0.495 e. The smallest absolute Gasteiger partial charge is 0.347 e. The molecule has 2 aromatic rings. The second kappa shape index (κ2) is 6.38. The molecule has 1 heterocycles. The first-order valence-electron chi connectivity index (χ1n) is 6.28. The first-order valence-corrected chi connectivity index (χ1v) is 7.10. The molecule has 1 aromatic carbocycles. The Bertz CT molecular complexity index is 610. The predicted octanol–water partition coefficient (Wildman–Crippen LogP) is 3.55. The minimum atomic E-state index is -0.931. The zero-order valence-electron chi connectivity index (χ0n) is 11.3. The number of benzene rings is 1. The van der Waals surface area contributed by atoms with Gasteiger partial charge in [0.05, 0.1) is 18.5 Å². The normalized spacial score (nSPS) is 10.3. The topological polar surface area (TPSA) is 71.5 Å². The molecule has 0 aliphatic carbocycles. The summed E-state index contributed by atoms with van der Waals surface area (Å²) in [6, 6.07) is 7.45. The van der Waals surface area contributed by atoms with Gasteiger partial charge >= 0.3 is 5.97 Å². The zero-order valence-corrected chi connectivity index (χ0v) is 12.2. The number of nitrogens with one attached hydrogen (secondary N) is 1. The first kappa shape index (κ1) is 14.3. The highest BCUT2D eigenvalue weighted by Crippen LogP contribution is 2.31. The molecule has 20 heavy (non-hydrogen) atoms. The average Bonchev–Trinajstić information content (AvgIpc) is 2.83. The second-order valence-electron chi connectivity index (χ2n) is 4.18. The molecule has 0 radical (unpaired) electrons. The lowest BCUT2D eigenvalue weighted by Crippen LogP contribution is -1.98. The number of nitrogens with zero attached hydrogens (tertiary/aromatic N) is 1. The van der Waals surface area contributed by atoms with Crippen LogP contribution in [-0.2, 0) is 6.42 Å². The Morgan fingerprint density at radius 1 is 1.45 bits per heavy atom. The quantitative estimate of drug-likeness (QED) is 0.852. The van der Waals surface area contributed by atoms with Crippen LogP contribution in [0.2, 0.25) is 0 Å². The summed E-state index contributed by atoms with van der Waals surface area (Å²) in [4.78, 5) is 15.9. The summed E-state index contributed by atoms with van der Waals surface area (Å²) in [6.07, 6.45) is 1.52. The van der Waals surface area contributed by atoms with E-state index in [1.807, 2.05) is 31.2 Å². The number of ether oxygens (including phenoxy) is 1. The lowest BCUT2D eigenvalue weighted by Gasteiger charge is -2.07. The number of anilines is 2. The van der Waals surface area contributed by atoms with E-state index in [4.69, 9.17) is 4.74 Å². The third kappa shape index (κ3) is 3.08. The van der Waals surface area contributed by atoms with E-state index in [2.05, 4.69) is 10.3 Å². The van der Waals surface area contributed by atoms with E-state index in [0.717, 1.165) is 23.4 Å². The molecule has 5 nitrogen and oxygen atoms in total. The SMILES string of the molecule is CCCc1nc(Nc2ccccc2OC)sc1C(=O)O. The van der Waals surface area contributed by atoms with Crippen molar-refractivity contribution in [3.8, 4) is 5.75 Å². The number of hydrogen-bond donors (Lipinski definition) is 2. The van der Waals surface area contributed by atoms with E-state index in [9.17, 15) is 9.90 Å². The minimum absolute atomic E-state index is 0.296. The van der Waals surface area contributed by atoms with E-state index >= 15 is 0 Å². The number of aromatic nitrogens is 1. The van der Waals surface area contributed by atoms with E-state index < -0.39 is 5.97 Å². The number of carbonyl (C=O) groups is 1. The van der Waals surface area contributed by atoms with E-state index in [-0.39, 0.29) is 0 Å². The van der Waals surface area contributed by atoms with Gasteiger partial charge in [-0.05, 0) is 18.6 Å². The van der Waals surface area contributed by atoms with Gasteiger partial charge < -0.3 is 15.2 Å². The van der Waals surface area contributed by atoms with Crippen molar-refractivity contribution in [3.63, 3.8) is 0 Å². The fraction of sp³-hybridized carbons (Fsp3) is 0.286. The molecule has 1 aromatic heterocycles. The summed E-state index contributed by atoms with van der Waals surface area (Å²) in [7, 11) is 1.59. The number of methoxy groups -OCH3 is 1. The molecule has 0 amide bonds. The van der Waals surface area contributed by atoms with Crippen LogP contribution in [0.1, 0.15) is 28.7 Å². The number of para-hydroxylation sites is 2. The number of hydrogen-bond acceptors (Lipinski definition) is 5. The molecule has 0 unspecified atom stereocenters. The standard InChI is InChI=1S/C14H16N2O3S/c1-3-6-10-12(13(17)18)20-14(16-10)15-9-7-4-5-8-11(9)19-2/h4-5,7-8H,3,6H2,1-2H3,(H,15,16)(H,17,18). The lowest BCUT2D eigenvalue weighted by molar-refractivity contribution is 0.0700. The third-order valence-electron chi connectivity index (χ3n) is 2.73. The van der Waals surface area contributed by atoms with Gasteiger partial charge in [0.2, 0.25) is 0 Å². The number of carboxylic acid groups (broad SMARTS) is 1. The zero-order chi connectivity index (χ0) is 14.5.